The number of ether oxygens (including phenoxy) is 1. The SMILES string of the molecule is COc1ccc(-c2nnc(SCC(=O)Nc3c(C)nn(C)c3C)o2)cc1. The number of anilines is 1. The summed E-state index contributed by atoms with van der Waals surface area (Å²) in [7, 11) is 3.45. The molecule has 0 fully saturated rings. The van der Waals surface area contributed by atoms with Crippen molar-refractivity contribution in [3.8, 4) is 17.2 Å². The summed E-state index contributed by atoms with van der Waals surface area (Å²) in [6, 6.07) is 7.31. The Labute approximate surface area is 154 Å². The van der Waals surface area contributed by atoms with Gasteiger partial charge < -0.3 is 14.5 Å². The predicted molar refractivity (Wildman–Crippen MR) is 98.3 cm³/mol. The number of hydrogen-bond acceptors (Lipinski definition) is 7. The van der Waals surface area contributed by atoms with Gasteiger partial charge in [0, 0.05) is 12.6 Å². The maximum absolute atomic E-state index is 12.2. The minimum absolute atomic E-state index is 0.154. The van der Waals surface area contributed by atoms with E-state index >= 15 is 0 Å². The van der Waals surface area contributed by atoms with E-state index in [0.29, 0.717) is 11.1 Å². The molecule has 1 amide bonds. The van der Waals surface area contributed by atoms with Crippen molar-refractivity contribution in [2.45, 2.75) is 19.1 Å². The number of carbonyl (C=O) groups is 1. The summed E-state index contributed by atoms with van der Waals surface area (Å²) < 4.78 is 12.5. The highest BCUT2D eigenvalue weighted by molar-refractivity contribution is 7.99. The number of nitrogens with one attached hydrogen (secondary N) is 1. The topological polar surface area (TPSA) is 95.1 Å². The predicted octanol–water partition coefficient (Wildman–Crippen LogP) is 2.83. The van der Waals surface area contributed by atoms with Crippen LogP contribution in [0.4, 0.5) is 5.69 Å². The number of carbonyl (C=O) groups excluding carboxylic acids is 1. The molecular weight excluding hydrogens is 354 g/mol. The molecule has 1 aromatic carbocycles. The van der Waals surface area contributed by atoms with Gasteiger partial charge in [0.05, 0.1) is 29.9 Å². The summed E-state index contributed by atoms with van der Waals surface area (Å²) in [6.07, 6.45) is 0. The number of methoxy groups -OCH3 is 1. The van der Waals surface area contributed by atoms with Gasteiger partial charge in [-0.2, -0.15) is 5.10 Å². The van der Waals surface area contributed by atoms with Gasteiger partial charge in [-0.25, -0.2) is 0 Å². The third-order valence-electron chi connectivity index (χ3n) is 3.84. The van der Waals surface area contributed by atoms with Crippen LogP contribution in [0.5, 0.6) is 5.75 Å². The molecule has 9 heteroatoms. The Hall–Kier alpha value is -2.81. The lowest BCUT2D eigenvalue weighted by molar-refractivity contribution is -0.113. The quantitative estimate of drug-likeness (QED) is 0.664. The van der Waals surface area contributed by atoms with Gasteiger partial charge in [0.15, 0.2) is 0 Å². The van der Waals surface area contributed by atoms with Crippen LogP contribution < -0.4 is 10.1 Å². The monoisotopic (exact) mass is 373 g/mol. The molecule has 3 aromatic rings. The van der Waals surface area contributed by atoms with Crippen LogP contribution in [0.25, 0.3) is 11.5 Å². The fourth-order valence-electron chi connectivity index (χ4n) is 2.38. The standard InChI is InChI=1S/C17H19N5O3S/c1-10-15(11(2)22(3)21-10)18-14(23)9-26-17-20-19-16(25-17)12-5-7-13(24-4)8-6-12/h5-8H,9H2,1-4H3,(H,18,23). The van der Waals surface area contributed by atoms with E-state index in [-0.39, 0.29) is 11.7 Å². The van der Waals surface area contributed by atoms with Crippen LogP contribution in [0.3, 0.4) is 0 Å². The van der Waals surface area contributed by atoms with E-state index in [1.165, 1.54) is 11.8 Å². The maximum Gasteiger partial charge on any atom is 0.277 e. The Bertz CT molecular complexity index is 917. The summed E-state index contributed by atoms with van der Waals surface area (Å²) in [5.74, 6) is 1.16. The molecule has 0 aliphatic rings. The van der Waals surface area contributed by atoms with Crippen molar-refractivity contribution in [1.82, 2.24) is 20.0 Å². The summed E-state index contributed by atoms with van der Waals surface area (Å²) in [5.41, 5.74) is 3.21. The highest BCUT2D eigenvalue weighted by Crippen LogP contribution is 2.25. The van der Waals surface area contributed by atoms with Crippen molar-refractivity contribution in [3.05, 3.63) is 35.7 Å². The molecule has 3 rings (SSSR count). The highest BCUT2D eigenvalue weighted by atomic mass is 32.2. The second kappa shape index (κ2) is 7.61. The van der Waals surface area contributed by atoms with Crippen LogP contribution in [-0.4, -0.2) is 38.7 Å². The summed E-state index contributed by atoms with van der Waals surface area (Å²) in [6.45, 7) is 3.76. The Morgan fingerprint density at radius 3 is 2.62 bits per heavy atom. The molecule has 0 saturated heterocycles. The first-order chi connectivity index (χ1) is 12.5. The normalized spacial score (nSPS) is 10.8. The number of thioether (sulfide) groups is 1. The molecule has 0 aliphatic carbocycles. The Balaban J connectivity index is 1.59. The van der Waals surface area contributed by atoms with E-state index in [2.05, 4.69) is 20.6 Å². The summed E-state index contributed by atoms with van der Waals surface area (Å²) in [4.78, 5) is 12.2. The van der Waals surface area contributed by atoms with Crippen LogP contribution in [0.15, 0.2) is 33.9 Å². The van der Waals surface area contributed by atoms with Gasteiger partial charge in [-0.15, -0.1) is 10.2 Å². The van der Waals surface area contributed by atoms with E-state index in [9.17, 15) is 4.79 Å². The average Bonchev–Trinajstić information content (AvgIpc) is 3.21. The molecule has 0 atom stereocenters. The van der Waals surface area contributed by atoms with Crippen LogP contribution in [0, 0.1) is 13.8 Å². The van der Waals surface area contributed by atoms with Gasteiger partial charge in [-0.05, 0) is 38.1 Å². The molecule has 0 bridgehead atoms. The van der Waals surface area contributed by atoms with Crippen LogP contribution in [0.2, 0.25) is 0 Å². The molecule has 26 heavy (non-hydrogen) atoms. The number of benzene rings is 1. The maximum atomic E-state index is 12.2. The minimum atomic E-state index is -0.154. The van der Waals surface area contributed by atoms with E-state index in [1.807, 2.05) is 45.2 Å². The van der Waals surface area contributed by atoms with Crippen molar-refractivity contribution in [1.29, 1.82) is 0 Å². The molecule has 2 heterocycles. The molecule has 136 valence electrons. The van der Waals surface area contributed by atoms with Gasteiger partial charge in [0.25, 0.3) is 5.22 Å². The molecule has 0 spiro atoms. The van der Waals surface area contributed by atoms with Crippen molar-refractivity contribution >= 4 is 23.4 Å². The Kier molecular flexibility index (Phi) is 5.27. The second-order valence-corrected chi connectivity index (χ2v) is 6.53. The van der Waals surface area contributed by atoms with E-state index in [0.717, 1.165) is 28.4 Å². The lowest BCUT2D eigenvalue weighted by Crippen LogP contribution is -2.15. The van der Waals surface area contributed by atoms with E-state index in [1.54, 1.807) is 11.8 Å². The average molecular weight is 373 g/mol. The summed E-state index contributed by atoms with van der Waals surface area (Å²) in [5, 5.41) is 15.5. The molecule has 0 unspecified atom stereocenters. The molecule has 0 radical (unpaired) electrons. The van der Waals surface area contributed by atoms with Gasteiger partial charge in [0.2, 0.25) is 11.8 Å². The van der Waals surface area contributed by atoms with E-state index < -0.39 is 0 Å². The number of amides is 1. The zero-order valence-electron chi connectivity index (χ0n) is 14.9. The number of aromatic nitrogens is 4. The van der Waals surface area contributed by atoms with Crippen LogP contribution in [0.1, 0.15) is 11.4 Å². The largest absolute Gasteiger partial charge is 0.497 e. The smallest absolute Gasteiger partial charge is 0.277 e. The lowest BCUT2D eigenvalue weighted by atomic mass is 10.2. The van der Waals surface area contributed by atoms with Crippen LogP contribution >= 0.6 is 11.8 Å². The van der Waals surface area contributed by atoms with Gasteiger partial charge in [0.1, 0.15) is 5.75 Å². The third-order valence-corrected chi connectivity index (χ3v) is 4.66. The van der Waals surface area contributed by atoms with Gasteiger partial charge in [-0.3, -0.25) is 9.48 Å². The number of nitrogens with zero attached hydrogens (tertiary/aromatic N) is 4. The fraction of sp³-hybridized carbons (Fsp3) is 0.294. The van der Waals surface area contributed by atoms with Crippen molar-refractivity contribution in [3.63, 3.8) is 0 Å². The molecule has 1 N–H and O–H groups in total. The molecule has 2 aromatic heterocycles. The zero-order valence-corrected chi connectivity index (χ0v) is 15.8. The lowest BCUT2D eigenvalue weighted by Gasteiger charge is -2.04. The van der Waals surface area contributed by atoms with Crippen molar-refractivity contribution < 1.29 is 13.9 Å². The summed E-state index contributed by atoms with van der Waals surface area (Å²) >= 11 is 1.19. The Morgan fingerprint density at radius 2 is 2.00 bits per heavy atom. The van der Waals surface area contributed by atoms with Crippen molar-refractivity contribution in [2.75, 3.05) is 18.2 Å². The van der Waals surface area contributed by atoms with Gasteiger partial charge >= 0.3 is 0 Å². The van der Waals surface area contributed by atoms with E-state index in [4.69, 9.17) is 9.15 Å². The van der Waals surface area contributed by atoms with Gasteiger partial charge in [-0.1, -0.05) is 11.8 Å². The molecule has 0 saturated carbocycles. The van der Waals surface area contributed by atoms with Crippen LogP contribution in [-0.2, 0) is 11.8 Å². The Morgan fingerprint density at radius 1 is 1.27 bits per heavy atom. The highest BCUT2D eigenvalue weighted by Gasteiger charge is 2.15. The molecule has 8 nitrogen and oxygen atoms in total. The number of aryl methyl sites for hydroxylation is 2. The third kappa shape index (κ3) is 3.88. The fourth-order valence-corrected chi connectivity index (χ4v) is 2.94. The van der Waals surface area contributed by atoms with Crippen molar-refractivity contribution in [2.24, 2.45) is 7.05 Å². The second-order valence-electron chi connectivity index (χ2n) is 5.61. The first kappa shape index (κ1) is 18.0. The zero-order chi connectivity index (χ0) is 18.7. The first-order valence-electron chi connectivity index (χ1n) is 7.88. The molecular formula is C17H19N5O3S. The molecule has 0 aliphatic heterocycles. The minimum Gasteiger partial charge on any atom is -0.497 e. The first-order valence-corrected chi connectivity index (χ1v) is 8.87. The number of rotatable bonds is 6. The number of hydrogen-bond donors (Lipinski definition) is 1.